The quantitative estimate of drug-likeness (QED) is 0.689. The van der Waals surface area contributed by atoms with E-state index in [1.165, 1.54) is 18.2 Å². The van der Waals surface area contributed by atoms with Gasteiger partial charge in [-0.05, 0) is 42.3 Å². The van der Waals surface area contributed by atoms with Crippen LogP contribution in [0.15, 0.2) is 42.5 Å². The molecule has 2 unspecified atom stereocenters. The molecule has 1 N–H and O–H groups in total. The van der Waals surface area contributed by atoms with Gasteiger partial charge in [0.15, 0.2) is 0 Å². The SMILES string of the molecule is O=C1CC(Cc2ccc(F)cc2)C(=O)N1CC(O)COc1ccc(Cl)cc1Cl. The van der Waals surface area contributed by atoms with Crippen molar-refractivity contribution in [3.63, 3.8) is 0 Å². The second kappa shape index (κ2) is 8.90. The number of amides is 2. The maximum absolute atomic E-state index is 13.0. The van der Waals surface area contributed by atoms with Gasteiger partial charge in [-0.25, -0.2) is 4.39 Å². The summed E-state index contributed by atoms with van der Waals surface area (Å²) < 4.78 is 18.4. The Balaban J connectivity index is 1.55. The summed E-state index contributed by atoms with van der Waals surface area (Å²) in [5.74, 6) is -1.23. The lowest BCUT2D eigenvalue weighted by atomic mass is 9.98. The van der Waals surface area contributed by atoms with Gasteiger partial charge in [-0.15, -0.1) is 0 Å². The highest BCUT2D eigenvalue weighted by atomic mass is 35.5. The molecule has 2 aromatic rings. The molecule has 3 rings (SSSR count). The third-order valence-corrected chi connectivity index (χ3v) is 4.98. The van der Waals surface area contributed by atoms with E-state index in [0.717, 1.165) is 10.5 Å². The van der Waals surface area contributed by atoms with E-state index in [9.17, 15) is 19.1 Å². The molecule has 0 spiro atoms. The van der Waals surface area contributed by atoms with Crippen molar-refractivity contribution in [3.05, 3.63) is 63.9 Å². The minimum atomic E-state index is -1.07. The standard InChI is InChI=1S/C20H18Cl2FNO4/c21-14-3-6-18(17(22)9-14)28-11-16(25)10-24-19(26)8-13(20(24)27)7-12-1-4-15(23)5-2-12/h1-6,9,13,16,25H,7-8,10-11H2. The van der Waals surface area contributed by atoms with Gasteiger partial charge in [0, 0.05) is 11.4 Å². The van der Waals surface area contributed by atoms with E-state index in [1.807, 2.05) is 0 Å². The normalized spacial score (nSPS) is 17.9. The van der Waals surface area contributed by atoms with Crippen LogP contribution < -0.4 is 4.74 Å². The fourth-order valence-electron chi connectivity index (χ4n) is 3.05. The minimum absolute atomic E-state index is 0.0623. The second-order valence-electron chi connectivity index (χ2n) is 6.61. The Morgan fingerprint density at radius 2 is 1.89 bits per heavy atom. The highest BCUT2D eigenvalue weighted by molar-refractivity contribution is 6.35. The van der Waals surface area contributed by atoms with Gasteiger partial charge >= 0.3 is 0 Å². The molecule has 1 fully saturated rings. The van der Waals surface area contributed by atoms with Crippen LogP contribution in [-0.4, -0.2) is 41.1 Å². The molecule has 2 amide bonds. The molecule has 148 valence electrons. The third kappa shape index (κ3) is 5.01. The lowest BCUT2D eigenvalue weighted by Crippen LogP contribution is -2.39. The summed E-state index contributed by atoms with van der Waals surface area (Å²) in [6.45, 7) is -0.302. The number of β-amino-alcohol motifs (C(OH)–C–C–N with tert-alkyl or cyclic N) is 1. The van der Waals surface area contributed by atoms with Crippen LogP contribution in [0.1, 0.15) is 12.0 Å². The molecule has 1 saturated heterocycles. The van der Waals surface area contributed by atoms with Crippen molar-refractivity contribution in [1.82, 2.24) is 4.90 Å². The Hall–Kier alpha value is -2.15. The lowest BCUT2D eigenvalue weighted by Gasteiger charge is -2.20. The van der Waals surface area contributed by atoms with Gasteiger partial charge in [0.2, 0.25) is 11.8 Å². The summed E-state index contributed by atoms with van der Waals surface area (Å²) in [6.07, 6.45) is -0.662. The van der Waals surface area contributed by atoms with Gasteiger partial charge in [-0.3, -0.25) is 14.5 Å². The van der Waals surface area contributed by atoms with Crippen molar-refractivity contribution in [2.45, 2.75) is 18.9 Å². The number of hydrogen-bond donors (Lipinski definition) is 1. The first-order valence-electron chi connectivity index (χ1n) is 8.68. The number of carbonyl (C=O) groups excluding carboxylic acids is 2. The van der Waals surface area contributed by atoms with Crippen molar-refractivity contribution in [2.75, 3.05) is 13.2 Å². The van der Waals surface area contributed by atoms with Crippen LogP contribution >= 0.6 is 23.2 Å². The van der Waals surface area contributed by atoms with Crippen molar-refractivity contribution in [1.29, 1.82) is 0 Å². The topological polar surface area (TPSA) is 66.8 Å². The summed E-state index contributed by atoms with van der Waals surface area (Å²) in [5, 5.41) is 10.9. The van der Waals surface area contributed by atoms with Crippen molar-refractivity contribution < 1.29 is 23.8 Å². The fraction of sp³-hybridized carbons (Fsp3) is 0.300. The number of aliphatic hydroxyl groups is 1. The molecule has 1 aliphatic heterocycles. The summed E-state index contributed by atoms with van der Waals surface area (Å²) in [5.41, 5.74) is 0.774. The van der Waals surface area contributed by atoms with Gasteiger partial charge in [0.1, 0.15) is 24.3 Å². The van der Waals surface area contributed by atoms with E-state index >= 15 is 0 Å². The molecule has 2 aromatic carbocycles. The largest absolute Gasteiger partial charge is 0.489 e. The number of likely N-dealkylation sites (tertiary alicyclic amines) is 1. The van der Waals surface area contributed by atoms with Crippen molar-refractivity contribution in [2.24, 2.45) is 5.92 Å². The molecule has 0 aromatic heterocycles. The molecule has 0 aliphatic carbocycles. The summed E-state index contributed by atoms with van der Waals surface area (Å²) in [6, 6.07) is 10.5. The van der Waals surface area contributed by atoms with E-state index in [4.69, 9.17) is 27.9 Å². The first-order chi connectivity index (χ1) is 13.3. The van der Waals surface area contributed by atoms with Crippen LogP contribution in [0, 0.1) is 11.7 Å². The molecule has 8 heteroatoms. The van der Waals surface area contributed by atoms with Crippen LogP contribution in [0.2, 0.25) is 10.0 Å². The highest BCUT2D eigenvalue weighted by Gasteiger charge is 2.39. The first-order valence-corrected chi connectivity index (χ1v) is 9.43. The Bertz CT molecular complexity index is 875. The summed E-state index contributed by atoms with van der Waals surface area (Å²) in [4.78, 5) is 25.8. The van der Waals surface area contributed by atoms with Gasteiger partial charge in [-0.1, -0.05) is 35.3 Å². The van der Waals surface area contributed by atoms with Crippen LogP contribution in [-0.2, 0) is 16.0 Å². The molecule has 2 atom stereocenters. The number of nitrogens with zero attached hydrogens (tertiary/aromatic N) is 1. The molecule has 0 bridgehead atoms. The molecule has 0 saturated carbocycles. The monoisotopic (exact) mass is 425 g/mol. The van der Waals surface area contributed by atoms with Crippen LogP contribution in [0.5, 0.6) is 5.75 Å². The van der Waals surface area contributed by atoms with Gasteiger partial charge in [-0.2, -0.15) is 0 Å². The third-order valence-electron chi connectivity index (χ3n) is 4.45. The molecular weight excluding hydrogens is 408 g/mol. The Kier molecular flexibility index (Phi) is 6.54. The van der Waals surface area contributed by atoms with E-state index in [-0.39, 0.29) is 37.2 Å². The predicted octanol–water partition coefficient (Wildman–Crippen LogP) is 3.49. The number of ether oxygens (including phenoxy) is 1. The summed E-state index contributed by atoms with van der Waals surface area (Å²) >= 11 is 11.8. The molecule has 0 radical (unpaired) electrons. The zero-order chi connectivity index (χ0) is 20.3. The van der Waals surface area contributed by atoms with Crippen LogP contribution in [0.4, 0.5) is 4.39 Å². The minimum Gasteiger partial charge on any atom is -0.489 e. The van der Waals surface area contributed by atoms with Crippen LogP contribution in [0.3, 0.4) is 0 Å². The predicted molar refractivity (Wildman–Crippen MR) is 103 cm³/mol. The van der Waals surface area contributed by atoms with Gasteiger partial charge < -0.3 is 9.84 Å². The average molecular weight is 426 g/mol. The van der Waals surface area contributed by atoms with E-state index in [0.29, 0.717) is 22.2 Å². The molecule has 5 nitrogen and oxygen atoms in total. The molecule has 28 heavy (non-hydrogen) atoms. The van der Waals surface area contributed by atoms with E-state index in [1.54, 1.807) is 24.3 Å². The zero-order valence-electron chi connectivity index (χ0n) is 14.8. The average Bonchev–Trinajstić information content (AvgIpc) is 2.90. The fourth-order valence-corrected chi connectivity index (χ4v) is 3.51. The number of rotatable bonds is 7. The number of imide groups is 1. The van der Waals surface area contributed by atoms with Crippen molar-refractivity contribution >= 4 is 35.0 Å². The van der Waals surface area contributed by atoms with Crippen LogP contribution in [0.25, 0.3) is 0 Å². The smallest absolute Gasteiger partial charge is 0.233 e. The second-order valence-corrected chi connectivity index (χ2v) is 7.46. The zero-order valence-corrected chi connectivity index (χ0v) is 16.3. The Morgan fingerprint density at radius 1 is 1.18 bits per heavy atom. The Morgan fingerprint density at radius 3 is 2.57 bits per heavy atom. The summed E-state index contributed by atoms with van der Waals surface area (Å²) in [7, 11) is 0. The molecule has 1 heterocycles. The van der Waals surface area contributed by atoms with E-state index < -0.39 is 12.0 Å². The first kappa shape index (κ1) is 20.6. The van der Waals surface area contributed by atoms with Crippen molar-refractivity contribution in [3.8, 4) is 5.75 Å². The maximum atomic E-state index is 13.0. The highest BCUT2D eigenvalue weighted by Crippen LogP contribution is 2.28. The molecular formula is C20H18Cl2FNO4. The Labute approximate surface area is 171 Å². The number of hydrogen-bond acceptors (Lipinski definition) is 4. The molecule has 1 aliphatic rings. The number of carbonyl (C=O) groups is 2. The van der Waals surface area contributed by atoms with Gasteiger partial charge in [0.05, 0.1) is 17.5 Å². The lowest BCUT2D eigenvalue weighted by molar-refractivity contribution is -0.141. The number of aliphatic hydroxyl groups excluding tert-OH is 1. The number of benzene rings is 2. The van der Waals surface area contributed by atoms with E-state index in [2.05, 4.69) is 0 Å². The van der Waals surface area contributed by atoms with Gasteiger partial charge in [0.25, 0.3) is 0 Å². The number of halogens is 3. The maximum Gasteiger partial charge on any atom is 0.233 e.